The fraction of sp³-hybridized carbons (Fsp3) is 0. The minimum Gasteiger partial charge on any atom is -1.00 e. The average molecular weight is 379 g/mol. The normalized spacial score (nSPS) is 10.9. The summed E-state index contributed by atoms with van der Waals surface area (Å²) in [6.07, 6.45) is 0. The molecular formula is H3Cl4NaOPt. The van der Waals surface area contributed by atoms with Crippen molar-refractivity contribution in [1.29, 1.82) is 0 Å². The standard InChI is InChI=1S/4ClH.Na.H2O.Pt.H/h4*1H;;1H2;;/q;;;;+1;;+4;-1/p-4. The van der Waals surface area contributed by atoms with Crippen molar-refractivity contribution in [2.75, 3.05) is 0 Å². The van der Waals surface area contributed by atoms with E-state index in [9.17, 15) is 0 Å². The topological polar surface area (TPSA) is 31.5 Å². The van der Waals surface area contributed by atoms with E-state index in [0.717, 1.165) is 0 Å². The van der Waals surface area contributed by atoms with Crippen LogP contribution in [0.4, 0.5) is 0 Å². The van der Waals surface area contributed by atoms with E-state index in [-0.39, 0.29) is 36.5 Å². The Kier molecular flexibility index (Phi) is 16.2. The summed E-state index contributed by atoms with van der Waals surface area (Å²) in [5.74, 6) is 0. The Labute approximate surface area is 84.6 Å². The van der Waals surface area contributed by atoms with E-state index in [0.29, 0.717) is 0 Å². The molecule has 7 heteroatoms. The smallest absolute Gasteiger partial charge is 1.00 e. The largest absolute Gasteiger partial charge is 1.00 e. The van der Waals surface area contributed by atoms with Gasteiger partial charge in [0.05, 0.1) is 0 Å². The van der Waals surface area contributed by atoms with Gasteiger partial charge in [-0.2, -0.15) is 0 Å². The maximum atomic E-state index is 5.01. The van der Waals surface area contributed by atoms with E-state index in [1.807, 2.05) is 0 Å². The van der Waals surface area contributed by atoms with Crippen molar-refractivity contribution >= 4 is 37.7 Å². The summed E-state index contributed by atoms with van der Waals surface area (Å²) >= 11 is -3.06. The minimum absolute atomic E-state index is 0. The molecule has 0 radical (unpaired) electrons. The Morgan fingerprint density at radius 2 is 1.00 bits per heavy atom. The first-order valence-electron chi connectivity index (χ1n) is 0.478. The molecule has 0 atom stereocenters. The van der Waals surface area contributed by atoms with Crippen molar-refractivity contribution in [2.24, 2.45) is 0 Å². The Bertz CT molecular complexity index is 31.5. The zero-order valence-electron chi connectivity index (χ0n) is 4.33. The summed E-state index contributed by atoms with van der Waals surface area (Å²) in [6, 6.07) is 0. The molecule has 0 spiro atoms. The van der Waals surface area contributed by atoms with Gasteiger partial charge in [-0.3, -0.25) is 0 Å². The molecule has 0 saturated heterocycles. The SMILES string of the molecule is O.[Cl][Pt]([Cl])([Cl])[Cl].[H-].[Na+]. The molecule has 0 heterocycles. The fourth-order valence-corrected chi connectivity index (χ4v) is 0. The van der Waals surface area contributed by atoms with E-state index < -0.39 is 11.9 Å². The molecule has 0 aromatic rings. The Balaban J connectivity index is -0.0000000267. The number of rotatable bonds is 0. The third kappa shape index (κ3) is 51.8. The molecule has 0 aliphatic rings. The molecular weight excluding hydrogens is 376 g/mol. The maximum Gasteiger partial charge on any atom is 1.00 e. The zero-order chi connectivity index (χ0) is 4.50. The first kappa shape index (κ1) is 16.4. The van der Waals surface area contributed by atoms with Gasteiger partial charge >= 0.3 is 79.1 Å². The second-order valence-electron chi connectivity index (χ2n) is 0.271. The molecule has 0 aromatic heterocycles. The molecule has 0 aliphatic heterocycles. The first-order valence-corrected chi connectivity index (χ1v) is 11.7. The van der Waals surface area contributed by atoms with E-state index in [4.69, 9.17) is 37.7 Å². The van der Waals surface area contributed by atoms with Crippen LogP contribution in [-0.4, -0.2) is 5.48 Å². The van der Waals surface area contributed by atoms with Gasteiger partial charge in [-0.25, -0.2) is 0 Å². The van der Waals surface area contributed by atoms with E-state index in [1.165, 1.54) is 0 Å². The van der Waals surface area contributed by atoms with Gasteiger partial charge in [0.1, 0.15) is 0 Å². The summed E-state index contributed by atoms with van der Waals surface area (Å²) in [6.45, 7) is 0. The number of hydrogen-bond donors (Lipinski definition) is 0. The molecule has 7 heavy (non-hydrogen) atoms. The number of halogens is 4. The van der Waals surface area contributed by atoms with E-state index in [2.05, 4.69) is 0 Å². The fourth-order valence-electron chi connectivity index (χ4n) is 0. The number of hydrogen-bond acceptors (Lipinski definition) is 0. The molecule has 48 valence electrons. The molecule has 2 N–H and O–H groups in total. The van der Waals surface area contributed by atoms with Gasteiger partial charge in [-0.1, -0.05) is 0 Å². The predicted molar refractivity (Wildman–Crippen MR) is 28.1 cm³/mol. The first-order chi connectivity index (χ1) is 2.00. The second kappa shape index (κ2) is 6.92. The van der Waals surface area contributed by atoms with Crippen LogP contribution in [0.25, 0.3) is 0 Å². The zero-order valence-corrected chi connectivity index (χ0v) is 10.6. The summed E-state index contributed by atoms with van der Waals surface area (Å²) in [5.41, 5.74) is 0. The summed E-state index contributed by atoms with van der Waals surface area (Å²) in [5, 5.41) is 0. The average Bonchev–Trinajstić information content (AvgIpc) is 0.722. The third-order valence-corrected chi connectivity index (χ3v) is 0. The maximum absolute atomic E-state index is 5.01. The van der Waals surface area contributed by atoms with Crippen LogP contribution >= 0.6 is 37.7 Å². The van der Waals surface area contributed by atoms with Gasteiger partial charge in [0.2, 0.25) is 0 Å². The summed E-state index contributed by atoms with van der Waals surface area (Å²) < 4.78 is 0. The van der Waals surface area contributed by atoms with Crippen LogP contribution in [0.1, 0.15) is 1.43 Å². The van der Waals surface area contributed by atoms with Crippen LogP contribution in [0, 0.1) is 0 Å². The van der Waals surface area contributed by atoms with Crippen molar-refractivity contribution in [2.45, 2.75) is 0 Å². The van der Waals surface area contributed by atoms with Crippen LogP contribution in [0.3, 0.4) is 0 Å². The molecule has 0 aliphatic carbocycles. The van der Waals surface area contributed by atoms with Gasteiger partial charge in [0.25, 0.3) is 0 Å². The molecule has 0 unspecified atom stereocenters. The predicted octanol–water partition coefficient (Wildman–Crippen LogP) is -0.953. The van der Waals surface area contributed by atoms with E-state index >= 15 is 0 Å². The Hall–Kier alpha value is 2.81. The van der Waals surface area contributed by atoms with Crippen molar-refractivity contribution in [3.8, 4) is 0 Å². The van der Waals surface area contributed by atoms with Gasteiger partial charge in [0.15, 0.2) is 0 Å². The quantitative estimate of drug-likeness (QED) is 0.487. The van der Waals surface area contributed by atoms with Crippen LogP contribution in [-0.2, 0) is 11.9 Å². The molecule has 0 fully saturated rings. The van der Waals surface area contributed by atoms with Crippen LogP contribution < -0.4 is 29.6 Å². The second-order valence-corrected chi connectivity index (χ2v) is 20.0. The van der Waals surface area contributed by atoms with Crippen LogP contribution in [0.15, 0.2) is 0 Å². The molecule has 0 rings (SSSR count). The monoisotopic (exact) mass is 377 g/mol. The van der Waals surface area contributed by atoms with Crippen molar-refractivity contribution in [3.05, 3.63) is 0 Å². The van der Waals surface area contributed by atoms with Gasteiger partial charge in [-0.15, -0.1) is 0 Å². The molecule has 0 bridgehead atoms. The van der Waals surface area contributed by atoms with Crippen LogP contribution in [0.5, 0.6) is 0 Å². The molecule has 0 amide bonds. The van der Waals surface area contributed by atoms with Gasteiger partial charge < -0.3 is 6.90 Å². The Morgan fingerprint density at radius 1 is 1.00 bits per heavy atom. The third-order valence-electron chi connectivity index (χ3n) is 0. The molecule has 1 nitrogen and oxygen atoms in total. The minimum atomic E-state index is -3.06. The van der Waals surface area contributed by atoms with Crippen molar-refractivity contribution < 1.29 is 48.4 Å². The van der Waals surface area contributed by atoms with Crippen molar-refractivity contribution in [3.63, 3.8) is 0 Å². The van der Waals surface area contributed by atoms with Crippen LogP contribution in [0.2, 0.25) is 0 Å². The van der Waals surface area contributed by atoms with Gasteiger partial charge in [0, 0.05) is 0 Å². The summed E-state index contributed by atoms with van der Waals surface area (Å²) in [7, 11) is 20.0. The van der Waals surface area contributed by atoms with E-state index in [1.54, 1.807) is 0 Å². The summed E-state index contributed by atoms with van der Waals surface area (Å²) in [4.78, 5) is 0. The molecule has 0 saturated carbocycles. The van der Waals surface area contributed by atoms with Crippen molar-refractivity contribution in [1.82, 2.24) is 0 Å². The van der Waals surface area contributed by atoms with Gasteiger partial charge in [-0.05, 0) is 0 Å². The Morgan fingerprint density at radius 3 is 1.00 bits per heavy atom. The molecule has 0 aromatic carbocycles.